The van der Waals surface area contributed by atoms with E-state index in [4.69, 9.17) is 0 Å². The van der Waals surface area contributed by atoms with Crippen LogP contribution in [0.2, 0.25) is 0 Å². The molecule has 0 bridgehead atoms. The predicted octanol–water partition coefficient (Wildman–Crippen LogP) is 2.81. The summed E-state index contributed by atoms with van der Waals surface area (Å²) < 4.78 is 0. The van der Waals surface area contributed by atoms with Crippen LogP contribution in [-0.4, -0.2) is 5.25 Å². The average molecular weight is 128 g/mol. The molecular weight excluding hydrogens is 116 g/mol. The summed E-state index contributed by atoms with van der Waals surface area (Å²) in [6, 6.07) is 0. The van der Waals surface area contributed by atoms with E-state index in [0.717, 1.165) is 5.25 Å². The molecule has 0 saturated heterocycles. The van der Waals surface area contributed by atoms with Crippen molar-refractivity contribution in [1.29, 1.82) is 0 Å². The molecule has 1 heterocycles. The third kappa shape index (κ3) is 1.55. The van der Waals surface area contributed by atoms with Crippen molar-refractivity contribution in [2.24, 2.45) is 0 Å². The Balaban J connectivity index is 2.10. The summed E-state index contributed by atoms with van der Waals surface area (Å²) in [6.45, 7) is 2.25. The maximum Gasteiger partial charge on any atom is 0.0123 e. The molecule has 0 saturated carbocycles. The largest absolute Gasteiger partial charge is 0.131 e. The van der Waals surface area contributed by atoms with Crippen LogP contribution in [0.15, 0.2) is 11.5 Å². The first-order valence-electron chi connectivity index (χ1n) is 3.24. The lowest BCUT2D eigenvalue weighted by Crippen LogP contribution is -1.93. The predicted molar refractivity (Wildman–Crippen MR) is 40.0 cm³/mol. The number of allylic oxidation sites excluding steroid dienone is 1. The fourth-order valence-electron chi connectivity index (χ4n) is 0.937. The summed E-state index contributed by atoms with van der Waals surface area (Å²) in [5.41, 5.74) is 0. The van der Waals surface area contributed by atoms with Crippen LogP contribution < -0.4 is 0 Å². The molecular formula is C7H12S. The van der Waals surface area contributed by atoms with E-state index in [1.807, 2.05) is 11.8 Å². The van der Waals surface area contributed by atoms with Crippen molar-refractivity contribution < 1.29 is 0 Å². The third-order valence-corrected chi connectivity index (χ3v) is 2.54. The zero-order valence-corrected chi connectivity index (χ0v) is 6.08. The normalized spacial score (nSPS) is 26.9. The number of hydrogen-bond acceptors (Lipinski definition) is 1. The zero-order valence-electron chi connectivity index (χ0n) is 5.26. The van der Waals surface area contributed by atoms with E-state index < -0.39 is 0 Å². The molecule has 1 unspecified atom stereocenters. The number of rotatable bonds is 2. The minimum atomic E-state index is 0.917. The average Bonchev–Trinajstić information content (AvgIpc) is 2.19. The van der Waals surface area contributed by atoms with E-state index in [-0.39, 0.29) is 0 Å². The van der Waals surface area contributed by atoms with Crippen molar-refractivity contribution in [3.63, 3.8) is 0 Å². The van der Waals surface area contributed by atoms with E-state index in [1.54, 1.807) is 0 Å². The Hall–Kier alpha value is 0.0900. The van der Waals surface area contributed by atoms with Crippen molar-refractivity contribution in [2.45, 2.75) is 31.4 Å². The molecule has 0 fully saturated rings. The minimum Gasteiger partial charge on any atom is -0.131 e. The van der Waals surface area contributed by atoms with Crippen LogP contribution in [0.25, 0.3) is 0 Å². The highest BCUT2D eigenvalue weighted by Gasteiger charge is 2.07. The Labute approximate surface area is 55.4 Å². The molecule has 0 radical (unpaired) electrons. The maximum absolute atomic E-state index is 2.27. The van der Waals surface area contributed by atoms with Crippen LogP contribution in [0.4, 0.5) is 0 Å². The zero-order chi connectivity index (χ0) is 5.82. The molecule has 1 rings (SSSR count). The van der Waals surface area contributed by atoms with Crippen LogP contribution in [0, 0.1) is 0 Å². The molecule has 46 valence electrons. The highest BCUT2D eigenvalue weighted by atomic mass is 32.2. The highest BCUT2D eigenvalue weighted by Crippen LogP contribution is 2.27. The summed E-state index contributed by atoms with van der Waals surface area (Å²) >= 11 is 1.99. The molecule has 0 aromatic carbocycles. The van der Waals surface area contributed by atoms with E-state index in [9.17, 15) is 0 Å². The minimum absolute atomic E-state index is 0.917. The Morgan fingerprint density at radius 1 is 1.75 bits per heavy atom. The molecule has 0 amide bonds. The second-order valence-electron chi connectivity index (χ2n) is 2.15. The molecule has 0 N–H and O–H groups in total. The van der Waals surface area contributed by atoms with Crippen molar-refractivity contribution in [2.75, 3.05) is 0 Å². The van der Waals surface area contributed by atoms with Crippen molar-refractivity contribution in [3.05, 3.63) is 11.5 Å². The Bertz CT molecular complexity index is 78.4. The van der Waals surface area contributed by atoms with Crippen LogP contribution in [0.5, 0.6) is 0 Å². The topological polar surface area (TPSA) is 0 Å². The lowest BCUT2D eigenvalue weighted by Gasteiger charge is -2.03. The Morgan fingerprint density at radius 3 is 3.12 bits per heavy atom. The fourth-order valence-corrected chi connectivity index (χ4v) is 1.98. The molecule has 1 aliphatic rings. The lowest BCUT2D eigenvalue weighted by molar-refractivity contribution is 0.754. The second-order valence-corrected chi connectivity index (χ2v) is 3.37. The van der Waals surface area contributed by atoms with Crippen LogP contribution in [0.3, 0.4) is 0 Å². The Kier molecular flexibility index (Phi) is 2.47. The SMILES string of the molecule is CCCC1CC=CS1. The lowest BCUT2D eigenvalue weighted by atomic mass is 10.2. The van der Waals surface area contributed by atoms with Gasteiger partial charge in [-0.3, -0.25) is 0 Å². The monoisotopic (exact) mass is 128 g/mol. The number of hydrogen-bond donors (Lipinski definition) is 0. The molecule has 0 spiro atoms. The Morgan fingerprint density at radius 2 is 2.62 bits per heavy atom. The quantitative estimate of drug-likeness (QED) is 0.551. The van der Waals surface area contributed by atoms with Gasteiger partial charge in [0.1, 0.15) is 0 Å². The van der Waals surface area contributed by atoms with E-state index in [1.165, 1.54) is 19.3 Å². The van der Waals surface area contributed by atoms with E-state index >= 15 is 0 Å². The van der Waals surface area contributed by atoms with Crippen LogP contribution >= 0.6 is 11.8 Å². The first kappa shape index (κ1) is 6.21. The van der Waals surface area contributed by atoms with Gasteiger partial charge < -0.3 is 0 Å². The summed E-state index contributed by atoms with van der Waals surface area (Å²) in [5.74, 6) is 0. The highest BCUT2D eigenvalue weighted by molar-refractivity contribution is 8.02. The van der Waals surface area contributed by atoms with Gasteiger partial charge in [0.05, 0.1) is 0 Å². The van der Waals surface area contributed by atoms with Gasteiger partial charge in [-0.1, -0.05) is 19.4 Å². The van der Waals surface area contributed by atoms with Gasteiger partial charge in [0, 0.05) is 5.25 Å². The fraction of sp³-hybridized carbons (Fsp3) is 0.714. The van der Waals surface area contributed by atoms with Gasteiger partial charge in [0.2, 0.25) is 0 Å². The molecule has 0 aromatic heterocycles. The molecule has 1 aliphatic heterocycles. The number of thioether (sulfide) groups is 1. The molecule has 1 heteroatoms. The molecule has 8 heavy (non-hydrogen) atoms. The standard InChI is InChI=1S/C7H12S/c1-2-4-7-5-3-6-8-7/h3,6-7H,2,4-5H2,1H3. The summed E-state index contributed by atoms with van der Waals surface area (Å²) in [6.07, 6.45) is 6.29. The van der Waals surface area contributed by atoms with Gasteiger partial charge in [0.15, 0.2) is 0 Å². The first-order valence-corrected chi connectivity index (χ1v) is 4.18. The van der Waals surface area contributed by atoms with Crippen molar-refractivity contribution in [3.8, 4) is 0 Å². The van der Waals surface area contributed by atoms with Gasteiger partial charge in [-0.25, -0.2) is 0 Å². The van der Waals surface area contributed by atoms with Gasteiger partial charge >= 0.3 is 0 Å². The molecule has 0 aliphatic carbocycles. The third-order valence-electron chi connectivity index (χ3n) is 1.38. The summed E-state index contributed by atoms with van der Waals surface area (Å²) in [5, 5.41) is 3.14. The van der Waals surface area contributed by atoms with E-state index in [0.29, 0.717) is 0 Å². The summed E-state index contributed by atoms with van der Waals surface area (Å²) in [7, 11) is 0. The molecule has 0 nitrogen and oxygen atoms in total. The van der Waals surface area contributed by atoms with Crippen LogP contribution in [-0.2, 0) is 0 Å². The van der Waals surface area contributed by atoms with Gasteiger partial charge in [-0.2, -0.15) is 0 Å². The second kappa shape index (κ2) is 3.18. The maximum atomic E-state index is 2.27. The molecule has 1 atom stereocenters. The van der Waals surface area contributed by atoms with Crippen molar-refractivity contribution in [1.82, 2.24) is 0 Å². The van der Waals surface area contributed by atoms with E-state index in [2.05, 4.69) is 18.4 Å². The smallest absolute Gasteiger partial charge is 0.0123 e. The van der Waals surface area contributed by atoms with Crippen LogP contribution in [0.1, 0.15) is 26.2 Å². The van der Waals surface area contributed by atoms with Gasteiger partial charge in [-0.05, 0) is 18.2 Å². The van der Waals surface area contributed by atoms with Gasteiger partial charge in [0.25, 0.3) is 0 Å². The van der Waals surface area contributed by atoms with Crippen molar-refractivity contribution >= 4 is 11.8 Å². The molecule has 0 aromatic rings. The summed E-state index contributed by atoms with van der Waals surface area (Å²) in [4.78, 5) is 0. The first-order chi connectivity index (χ1) is 3.93. The van der Waals surface area contributed by atoms with Gasteiger partial charge in [-0.15, -0.1) is 11.8 Å².